The van der Waals surface area contributed by atoms with E-state index < -0.39 is 17.7 Å². The Kier molecular flexibility index (Phi) is 6.25. The van der Waals surface area contributed by atoms with Crippen LogP contribution in [0.2, 0.25) is 0 Å². The zero-order valence-electron chi connectivity index (χ0n) is 10.8. The first kappa shape index (κ1) is 15.4. The van der Waals surface area contributed by atoms with Crippen LogP contribution in [0.15, 0.2) is 25.3 Å². The molecule has 4 nitrogen and oxygen atoms in total. The first-order valence-electron chi connectivity index (χ1n) is 5.52. The lowest BCUT2D eigenvalue weighted by Crippen LogP contribution is -2.44. The Labute approximate surface area is 103 Å². The van der Waals surface area contributed by atoms with Crippen LogP contribution in [0, 0.1) is 0 Å². The highest BCUT2D eigenvalue weighted by Crippen LogP contribution is 2.13. The number of rotatable bonds is 6. The first-order valence-corrected chi connectivity index (χ1v) is 5.52. The molecule has 17 heavy (non-hydrogen) atoms. The molecule has 0 aromatic heterocycles. The Morgan fingerprint density at radius 3 is 2.29 bits per heavy atom. The van der Waals surface area contributed by atoms with Crippen LogP contribution in [0.25, 0.3) is 0 Å². The summed E-state index contributed by atoms with van der Waals surface area (Å²) in [6, 6.07) is -0.555. The van der Waals surface area contributed by atoms with E-state index >= 15 is 0 Å². The van der Waals surface area contributed by atoms with Gasteiger partial charge in [-0.3, -0.25) is 4.90 Å². The molecule has 0 aromatic carbocycles. The standard InChI is InChI=1S/C13H21NO3/c1-6-8-11(10-15)14(9-7-2)12(16)17-13(3,4)5/h6-7,10-11H,1-2,8-9H2,3-5H3/t11-/m1/s1. The van der Waals surface area contributed by atoms with Gasteiger partial charge in [-0.05, 0) is 27.2 Å². The molecule has 4 heteroatoms. The second kappa shape index (κ2) is 6.89. The SMILES string of the molecule is C=CC[C@H](C=O)N(CC=C)C(=O)OC(C)(C)C. The molecule has 96 valence electrons. The highest BCUT2D eigenvalue weighted by molar-refractivity contribution is 5.74. The summed E-state index contributed by atoms with van der Waals surface area (Å²) in [6.07, 6.45) is 3.76. The zero-order chi connectivity index (χ0) is 13.5. The van der Waals surface area contributed by atoms with Gasteiger partial charge in [0.1, 0.15) is 11.9 Å². The lowest BCUT2D eigenvalue weighted by Gasteiger charge is -2.29. The molecule has 1 atom stereocenters. The van der Waals surface area contributed by atoms with Crippen LogP contribution in [-0.2, 0) is 9.53 Å². The monoisotopic (exact) mass is 239 g/mol. The predicted octanol–water partition coefficient (Wildman–Crippen LogP) is 2.55. The fraction of sp³-hybridized carbons (Fsp3) is 0.538. The Morgan fingerprint density at radius 1 is 1.35 bits per heavy atom. The fourth-order valence-corrected chi connectivity index (χ4v) is 1.23. The molecule has 0 fully saturated rings. The zero-order valence-corrected chi connectivity index (χ0v) is 10.8. The summed E-state index contributed by atoms with van der Waals surface area (Å²) in [7, 11) is 0. The summed E-state index contributed by atoms with van der Waals surface area (Å²) in [5, 5.41) is 0. The molecule has 0 aliphatic rings. The summed E-state index contributed by atoms with van der Waals surface area (Å²) in [4.78, 5) is 24.2. The molecule has 1 amide bonds. The maximum absolute atomic E-state index is 11.9. The van der Waals surface area contributed by atoms with Crippen molar-refractivity contribution in [2.75, 3.05) is 6.54 Å². The van der Waals surface area contributed by atoms with E-state index in [1.165, 1.54) is 4.90 Å². The molecule has 0 aliphatic heterocycles. The van der Waals surface area contributed by atoms with Crippen molar-refractivity contribution in [3.05, 3.63) is 25.3 Å². The van der Waals surface area contributed by atoms with Crippen LogP contribution in [0.5, 0.6) is 0 Å². The Hall–Kier alpha value is -1.58. The third-order valence-electron chi connectivity index (χ3n) is 1.92. The average molecular weight is 239 g/mol. The van der Waals surface area contributed by atoms with E-state index in [0.717, 1.165) is 6.29 Å². The fourth-order valence-electron chi connectivity index (χ4n) is 1.23. The van der Waals surface area contributed by atoms with Gasteiger partial charge in [0.15, 0.2) is 0 Å². The number of hydrogen-bond donors (Lipinski definition) is 0. The van der Waals surface area contributed by atoms with Crippen molar-refractivity contribution in [1.82, 2.24) is 4.90 Å². The largest absolute Gasteiger partial charge is 0.444 e. The van der Waals surface area contributed by atoms with Crippen molar-refractivity contribution in [1.29, 1.82) is 0 Å². The molecule has 0 aliphatic carbocycles. The van der Waals surface area contributed by atoms with Crippen molar-refractivity contribution < 1.29 is 14.3 Å². The van der Waals surface area contributed by atoms with Gasteiger partial charge in [0.25, 0.3) is 0 Å². The summed E-state index contributed by atoms with van der Waals surface area (Å²) in [6.45, 7) is 12.7. The smallest absolute Gasteiger partial charge is 0.411 e. The molecule has 0 saturated heterocycles. The van der Waals surface area contributed by atoms with Crippen LogP contribution in [0.4, 0.5) is 4.79 Å². The summed E-state index contributed by atoms with van der Waals surface area (Å²) in [5.74, 6) is 0. The molecule has 0 bridgehead atoms. The number of amides is 1. The molecule has 0 spiro atoms. The second-order valence-corrected chi connectivity index (χ2v) is 4.65. The number of hydrogen-bond acceptors (Lipinski definition) is 3. The van der Waals surface area contributed by atoms with Gasteiger partial charge in [-0.2, -0.15) is 0 Å². The third kappa shape index (κ3) is 5.90. The molecular formula is C13H21NO3. The summed E-state index contributed by atoms with van der Waals surface area (Å²) < 4.78 is 5.23. The van der Waals surface area contributed by atoms with Crippen molar-refractivity contribution in [2.24, 2.45) is 0 Å². The van der Waals surface area contributed by atoms with Gasteiger partial charge in [-0.25, -0.2) is 4.79 Å². The normalized spacial score (nSPS) is 12.4. The summed E-state index contributed by atoms with van der Waals surface area (Å²) >= 11 is 0. The highest BCUT2D eigenvalue weighted by Gasteiger charge is 2.26. The number of carbonyl (C=O) groups excluding carboxylic acids is 2. The topological polar surface area (TPSA) is 46.6 Å². The van der Waals surface area contributed by atoms with Crippen molar-refractivity contribution in [3.63, 3.8) is 0 Å². The van der Waals surface area contributed by atoms with E-state index in [1.807, 2.05) is 0 Å². The molecule has 0 aromatic rings. The highest BCUT2D eigenvalue weighted by atomic mass is 16.6. The van der Waals surface area contributed by atoms with Crippen LogP contribution < -0.4 is 0 Å². The number of carbonyl (C=O) groups is 2. The number of aldehydes is 1. The molecule has 0 unspecified atom stereocenters. The Balaban J connectivity index is 4.80. The Morgan fingerprint density at radius 2 is 1.94 bits per heavy atom. The molecule has 0 N–H and O–H groups in total. The molecule has 0 radical (unpaired) electrons. The van der Waals surface area contributed by atoms with Gasteiger partial charge in [0, 0.05) is 6.54 Å². The maximum atomic E-state index is 11.9. The average Bonchev–Trinajstić information content (AvgIpc) is 2.20. The van der Waals surface area contributed by atoms with E-state index in [1.54, 1.807) is 32.9 Å². The van der Waals surface area contributed by atoms with E-state index in [9.17, 15) is 9.59 Å². The second-order valence-electron chi connectivity index (χ2n) is 4.65. The number of ether oxygens (including phenoxy) is 1. The first-order chi connectivity index (χ1) is 7.85. The quantitative estimate of drug-likeness (QED) is 0.528. The van der Waals surface area contributed by atoms with Crippen LogP contribution in [-0.4, -0.2) is 35.5 Å². The van der Waals surface area contributed by atoms with E-state index in [-0.39, 0.29) is 6.54 Å². The lowest BCUT2D eigenvalue weighted by molar-refractivity contribution is -0.112. The van der Waals surface area contributed by atoms with Crippen LogP contribution in [0.1, 0.15) is 27.2 Å². The van der Waals surface area contributed by atoms with Gasteiger partial charge in [0.2, 0.25) is 0 Å². The van der Waals surface area contributed by atoms with Gasteiger partial charge in [-0.15, -0.1) is 13.2 Å². The lowest BCUT2D eigenvalue weighted by atomic mass is 10.2. The van der Waals surface area contributed by atoms with Gasteiger partial charge >= 0.3 is 6.09 Å². The minimum Gasteiger partial charge on any atom is -0.444 e. The van der Waals surface area contributed by atoms with E-state index in [0.29, 0.717) is 6.42 Å². The van der Waals surface area contributed by atoms with Gasteiger partial charge in [-0.1, -0.05) is 12.2 Å². The predicted molar refractivity (Wildman–Crippen MR) is 67.8 cm³/mol. The summed E-state index contributed by atoms with van der Waals surface area (Å²) in [5.41, 5.74) is -0.585. The minimum absolute atomic E-state index is 0.270. The van der Waals surface area contributed by atoms with E-state index in [4.69, 9.17) is 4.74 Å². The molecule has 0 heterocycles. The molecular weight excluding hydrogens is 218 g/mol. The maximum Gasteiger partial charge on any atom is 0.411 e. The van der Waals surface area contributed by atoms with E-state index in [2.05, 4.69) is 13.2 Å². The van der Waals surface area contributed by atoms with Crippen molar-refractivity contribution in [2.45, 2.75) is 38.8 Å². The van der Waals surface area contributed by atoms with Gasteiger partial charge < -0.3 is 9.53 Å². The third-order valence-corrected chi connectivity index (χ3v) is 1.92. The number of nitrogens with zero attached hydrogens (tertiary/aromatic N) is 1. The van der Waals surface area contributed by atoms with Crippen molar-refractivity contribution in [3.8, 4) is 0 Å². The van der Waals surface area contributed by atoms with Crippen LogP contribution in [0.3, 0.4) is 0 Å². The minimum atomic E-state index is -0.585. The molecule has 0 saturated carbocycles. The van der Waals surface area contributed by atoms with Crippen molar-refractivity contribution >= 4 is 12.4 Å². The molecule has 0 rings (SSSR count). The Bertz CT molecular complexity index is 292. The van der Waals surface area contributed by atoms with Crippen LogP contribution >= 0.6 is 0 Å². The van der Waals surface area contributed by atoms with Gasteiger partial charge in [0.05, 0.1) is 6.04 Å².